The first-order valence-corrected chi connectivity index (χ1v) is 12.3. The molecule has 0 saturated heterocycles. The molecule has 0 aromatic heterocycles. The van der Waals surface area contributed by atoms with Crippen molar-refractivity contribution in [2.45, 2.75) is 62.6 Å². The first-order valence-electron chi connectivity index (χ1n) is 10.6. The molecule has 1 aliphatic heterocycles. The zero-order valence-corrected chi connectivity index (χ0v) is 19.2. The van der Waals surface area contributed by atoms with Crippen LogP contribution in [0.2, 0.25) is 0 Å². The summed E-state index contributed by atoms with van der Waals surface area (Å²) in [6.07, 6.45) is 3.56. The summed E-state index contributed by atoms with van der Waals surface area (Å²) in [7, 11) is -0.326. The van der Waals surface area contributed by atoms with Gasteiger partial charge < -0.3 is 9.47 Å². The summed E-state index contributed by atoms with van der Waals surface area (Å²) in [4.78, 5) is 0.354. The van der Waals surface area contributed by atoms with Gasteiger partial charge in [0.1, 0.15) is 5.75 Å². The fraction of sp³-hybridized carbons (Fsp3) is 0.500. The summed E-state index contributed by atoms with van der Waals surface area (Å²) in [5.74, 6) is 0.628. The van der Waals surface area contributed by atoms with Crippen LogP contribution in [0.3, 0.4) is 0 Å². The van der Waals surface area contributed by atoms with Crippen LogP contribution in [0.25, 0.3) is 0 Å². The van der Waals surface area contributed by atoms with E-state index < -0.39 is 15.4 Å². The summed E-state index contributed by atoms with van der Waals surface area (Å²) >= 11 is 0. The molecule has 30 heavy (non-hydrogen) atoms. The molecule has 0 saturated carbocycles. The number of hydrogen-bond donors (Lipinski definition) is 1. The zero-order chi connectivity index (χ0) is 21.8. The van der Waals surface area contributed by atoms with Crippen LogP contribution >= 0.6 is 0 Å². The van der Waals surface area contributed by atoms with Crippen LogP contribution < -0.4 is 10.1 Å². The quantitative estimate of drug-likeness (QED) is 0.659. The predicted octanol–water partition coefficient (Wildman–Crippen LogP) is 4.65. The highest BCUT2D eigenvalue weighted by molar-refractivity contribution is 7.91. The number of unbranched alkanes of at least 4 members (excludes halogenated alkanes) is 1. The van der Waals surface area contributed by atoms with Crippen molar-refractivity contribution in [3.63, 3.8) is 0 Å². The Balaban J connectivity index is 2.26. The Morgan fingerprint density at radius 1 is 1.13 bits per heavy atom. The number of hydrogen-bond acceptors (Lipinski definition) is 5. The Morgan fingerprint density at radius 2 is 1.87 bits per heavy atom. The molecule has 2 aromatic rings. The number of fused-ring (bicyclic) bond motifs is 1. The van der Waals surface area contributed by atoms with Crippen LogP contribution in [0, 0.1) is 0 Å². The molecule has 0 aliphatic carbocycles. The first-order chi connectivity index (χ1) is 14.4. The SMILES string of the molecule is CCCC[C@]1(CC)CS(=O)(=O)c2cc(OC)c(COC)cc2[C@H](c2ccccc2)N1. The van der Waals surface area contributed by atoms with Crippen molar-refractivity contribution in [2.24, 2.45) is 0 Å². The van der Waals surface area contributed by atoms with Gasteiger partial charge in [-0.3, -0.25) is 5.32 Å². The molecule has 3 rings (SSSR count). The number of nitrogens with one attached hydrogen (secondary N) is 1. The van der Waals surface area contributed by atoms with Crippen molar-refractivity contribution in [1.82, 2.24) is 5.32 Å². The maximum Gasteiger partial charge on any atom is 0.180 e. The second-order valence-corrected chi connectivity index (χ2v) is 10.1. The minimum absolute atomic E-state index is 0.0829. The standard InChI is InChI=1S/C24H33NO4S/c1-5-7-13-24(6-2)17-30(26,27)22-15-21(29-4)19(16-28-3)14-20(22)23(25-24)18-11-9-8-10-12-18/h8-12,14-15,23,25H,5-7,13,16-17H2,1-4H3/t23-,24+/m0/s1. The largest absolute Gasteiger partial charge is 0.496 e. The van der Waals surface area contributed by atoms with Gasteiger partial charge in [0.15, 0.2) is 9.84 Å². The van der Waals surface area contributed by atoms with Gasteiger partial charge in [-0.15, -0.1) is 0 Å². The molecule has 6 heteroatoms. The molecule has 0 fully saturated rings. The minimum Gasteiger partial charge on any atom is -0.496 e. The third-order valence-corrected chi connectivity index (χ3v) is 8.05. The number of methoxy groups -OCH3 is 2. The van der Waals surface area contributed by atoms with E-state index in [1.165, 1.54) is 0 Å². The topological polar surface area (TPSA) is 64.6 Å². The molecule has 0 spiro atoms. The van der Waals surface area contributed by atoms with E-state index in [2.05, 4.69) is 31.3 Å². The summed E-state index contributed by atoms with van der Waals surface area (Å²) in [5.41, 5.74) is 2.18. The average Bonchev–Trinajstić information content (AvgIpc) is 2.85. The van der Waals surface area contributed by atoms with Crippen molar-refractivity contribution >= 4 is 9.84 Å². The molecule has 5 nitrogen and oxygen atoms in total. The zero-order valence-electron chi connectivity index (χ0n) is 18.4. The normalized spacial score (nSPS) is 22.9. The predicted molar refractivity (Wildman–Crippen MR) is 120 cm³/mol. The molecular formula is C24H33NO4S. The Morgan fingerprint density at radius 3 is 2.47 bits per heavy atom. The maximum atomic E-state index is 13.6. The highest BCUT2D eigenvalue weighted by Gasteiger charge is 2.42. The monoisotopic (exact) mass is 431 g/mol. The molecule has 1 N–H and O–H groups in total. The fourth-order valence-electron chi connectivity index (χ4n) is 4.39. The Labute approximate surface area is 180 Å². The summed E-state index contributed by atoms with van der Waals surface area (Å²) in [5, 5.41) is 3.79. The lowest BCUT2D eigenvalue weighted by molar-refractivity contribution is 0.181. The third kappa shape index (κ3) is 4.56. The van der Waals surface area contributed by atoms with Gasteiger partial charge in [0, 0.05) is 18.2 Å². The van der Waals surface area contributed by atoms with Crippen LogP contribution in [-0.2, 0) is 21.2 Å². The second kappa shape index (κ2) is 9.50. The summed E-state index contributed by atoms with van der Waals surface area (Å²) < 4.78 is 38.1. The van der Waals surface area contributed by atoms with Crippen molar-refractivity contribution in [3.8, 4) is 5.75 Å². The van der Waals surface area contributed by atoms with Crippen molar-refractivity contribution in [1.29, 1.82) is 0 Å². The lowest BCUT2D eigenvalue weighted by Crippen LogP contribution is -2.50. The van der Waals surface area contributed by atoms with E-state index in [1.807, 2.05) is 24.3 Å². The first kappa shape index (κ1) is 22.8. The smallest absolute Gasteiger partial charge is 0.180 e. The molecule has 0 bridgehead atoms. The van der Waals surface area contributed by atoms with Gasteiger partial charge in [0.2, 0.25) is 0 Å². The van der Waals surface area contributed by atoms with Crippen molar-refractivity contribution in [2.75, 3.05) is 20.0 Å². The van der Waals surface area contributed by atoms with E-state index in [0.717, 1.165) is 42.4 Å². The molecular weight excluding hydrogens is 398 g/mol. The van der Waals surface area contributed by atoms with Gasteiger partial charge in [-0.05, 0) is 36.1 Å². The second-order valence-electron chi connectivity index (χ2n) is 8.12. The van der Waals surface area contributed by atoms with E-state index in [0.29, 0.717) is 17.3 Å². The van der Waals surface area contributed by atoms with Crippen LogP contribution in [0.5, 0.6) is 5.75 Å². The van der Waals surface area contributed by atoms with E-state index >= 15 is 0 Å². The van der Waals surface area contributed by atoms with Crippen LogP contribution in [-0.4, -0.2) is 33.9 Å². The minimum atomic E-state index is -3.52. The summed E-state index contributed by atoms with van der Waals surface area (Å²) in [6.45, 7) is 4.57. The Bertz CT molecular complexity index is 959. The number of sulfone groups is 1. The molecule has 2 aromatic carbocycles. The van der Waals surface area contributed by atoms with Crippen LogP contribution in [0.15, 0.2) is 47.4 Å². The van der Waals surface area contributed by atoms with Gasteiger partial charge in [0.05, 0.1) is 30.4 Å². The molecule has 164 valence electrons. The van der Waals surface area contributed by atoms with Gasteiger partial charge >= 0.3 is 0 Å². The molecule has 1 heterocycles. The maximum absolute atomic E-state index is 13.6. The lowest BCUT2D eigenvalue weighted by atomic mass is 9.87. The molecule has 0 amide bonds. The molecule has 0 unspecified atom stereocenters. The fourth-order valence-corrected chi connectivity index (χ4v) is 6.53. The summed E-state index contributed by atoms with van der Waals surface area (Å²) in [6, 6.07) is 13.5. The number of ether oxygens (including phenoxy) is 2. The molecule has 1 aliphatic rings. The lowest BCUT2D eigenvalue weighted by Gasteiger charge is -2.36. The van der Waals surface area contributed by atoms with Crippen LogP contribution in [0.1, 0.15) is 62.3 Å². The molecule has 0 radical (unpaired) electrons. The Hall–Kier alpha value is -1.89. The highest BCUT2D eigenvalue weighted by atomic mass is 32.2. The van der Waals surface area contributed by atoms with E-state index in [4.69, 9.17) is 9.47 Å². The van der Waals surface area contributed by atoms with E-state index in [1.54, 1.807) is 20.3 Å². The van der Waals surface area contributed by atoms with Crippen molar-refractivity contribution in [3.05, 3.63) is 59.2 Å². The third-order valence-electron chi connectivity index (χ3n) is 6.09. The van der Waals surface area contributed by atoms with Gasteiger partial charge in [-0.1, -0.05) is 57.0 Å². The van der Waals surface area contributed by atoms with Gasteiger partial charge in [-0.25, -0.2) is 8.42 Å². The van der Waals surface area contributed by atoms with E-state index in [9.17, 15) is 8.42 Å². The highest BCUT2D eigenvalue weighted by Crippen LogP contribution is 2.40. The number of rotatable bonds is 8. The average molecular weight is 432 g/mol. The van der Waals surface area contributed by atoms with Gasteiger partial charge in [0.25, 0.3) is 0 Å². The van der Waals surface area contributed by atoms with Gasteiger partial charge in [-0.2, -0.15) is 0 Å². The Kier molecular flexibility index (Phi) is 7.22. The van der Waals surface area contributed by atoms with Crippen LogP contribution in [0.4, 0.5) is 0 Å². The number of benzene rings is 2. The molecule has 2 atom stereocenters. The van der Waals surface area contributed by atoms with E-state index in [-0.39, 0.29) is 11.8 Å². The van der Waals surface area contributed by atoms with Crippen molar-refractivity contribution < 1.29 is 17.9 Å².